The van der Waals surface area contributed by atoms with Crippen LogP contribution in [0.2, 0.25) is 0 Å². The zero-order valence-electron chi connectivity index (χ0n) is 10.4. The van der Waals surface area contributed by atoms with Crippen molar-refractivity contribution in [2.24, 2.45) is 0 Å². The second-order valence-electron chi connectivity index (χ2n) is 4.02. The van der Waals surface area contributed by atoms with Crippen LogP contribution < -0.4 is 5.32 Å². The van der Waals surface area contributed by atoms with Crippen LogP contribution in [0.15, 0.2) is 18.3 Å². The molecule has 1 atom stereocenters. The summed E-state index contributed by atoms with van der Waals surface area (Å²) in [5.41, 5.74) is 2.11. The Bertz CT molecular complexity index is 366. The number of carboxylic acid groups (broad SMARTS) is 1. The third-order valence-electron chi connectivity index (χ3n) is 2.76. The first-order valence-corrected chi connectivity index (χ1v) is 6.08. The smallest absolute Gasteiger partial charge is 0.320 e. The van der Waals surface area contributed by atoms with E-state index in [2.05, 4.69) is 17.2 Å². The maximum Gasteiger partial charge on any atom is 0.320 e. The van der Waals surface area contributed by atoms with Gasteiger partial charge in [-0.1, -0.05) is 26.3 Å². The molecule has 0 aliphatic carbocycles. The van der Waals surface area contributed by atoms with E-state index >= 15 is 0 Å². The molecule has 0 fully saturated rings. The summed E-state index contributed by atoms with van der Waals surface area (Å²) in [5.74, 6) is -0.791. The van der Waals surface area contributed by atoms with E-state index in [4.69, 9.17) is 5.11 Å². The SMILES string of the molecule is CCCC(NCc1ncccc1CC)C(=O)O. The van der Waals surface area contributed by atoms with Gasteiger partial charge in [0.05, 0.1) is 5.69 Å². The molecule has 0 aliphatic heterocycles. The molecule has 1 unspecified atom stereocenters. The predicted octanol–water partition coefficient (Wildman–Crippen LogP) is 1.99. The van der Waals surface area contributed by atoms with Crippen molar-refractivity contribution in [2.45, 2.75) is 45.7 Å². The van der Waals surface area contributed by atoms with Gasteiger partial charge in [0.25, 0.3) is 0 Å². The normalized spacial score (nSPS) is 12.4. The first kappa shape index (κ1) is 13.6. The predicted molar refractivity (Wildman–Crippen MR) is 66.8 cm³/mol. The lowest BCUT2D eigenvalue weighted by atomic mass is 10.1. The van der Waals surface area contributed by atoms with Crippen molar-refractivity contribution in [2.75, 3.05) is 0 Å². The minimum absolute atomic E-state index is 0.480. The van der Waals surface area contributed by atoms with Crippen LogP contribution in [0, 0.1) is 0 Å². The summed E-state index contributed by atoms with van der Waals surface area (Å²) >= 11 is 0. The summed E-state index contributed by atoms with van der Waals surface area (Å²) in [6.45, 7) is 4.57. The van der Waals surface area contributed by atoms with Gasteiger partial charge in [0, 0.05) is 12.7 Å². The zero-order chi connectivity index (χ0) is 12.7. The highest BCUT2D eigenvalue weighted by Crippen LogP contribution is 2.07. The monoisotopic (exact) mass is 236 g/mol. The number of carbonyl (C=O) groups is 1. The summed E-state index contributed by atoms with van der Waals surface area (Å²) in [7, 11) is 0. The summed E-state index contributed by atoms with van der Waals surface area (Å²) in [6, 6.07) is 3.45. The number of aromatic nitrogens is 1. The minimum atomic E-state index is -0.791. The quantitative estimate of drug-likeness (QED) is 0.760. The Balaban J connectivity index is 2.61. The molecule has 94 valence electrons. The third kappa shape index (κ3) is 4.15. The van der Waals surface area contributed by atoms with Crippen molar-refractivity contribution < 1.29 is 9.90 Å². The lowest BCUT2D eigenvalue weighted by Crippen LogP contribution is -2.36. The largest absolute Gasteiger partial charge is 0.480 e. The molecule has 0 saturated heterocycles. The Morgan fingerprint density at radius 3 is 2.88 bits per heavy atom. The van der Waals surface area contributed by atoms with Crippen LogP contribution in [0.3, 0.4) is 0 Å². The number of nitrogens with zero attached hydrogens (tertiary/aromatic N) is 1. The number of aryl methyl sites for hydroxylation is 1. The van der Waals surface area contributed by atoms with E-state index < -0.39 is 12.0 Å². The van der Waals surface area contributed by atoms with Gasteiger partial charge in [-0.2, -0.15) is 0 Å². The first-order valence-electron chi connectivity index (χ1n) is 6.08. The average Bonchev–Trinajstić information content (AvgIpc) is 2.34. The van der Waals surface area contributed by atoms with E-state index in [1.807, 2.05) is 19.1 Å². The van der Waals surface area contributed by atoms with Gasteiger partial charge in [-0.25, -0.2) is 0 Å². The molecule has 1 heterocycles. The Kier molecular flexibility index (Phi) is 5.63. The van der Waals surface area contributed by atoms with Crippen molar-refractivity contribution in [1.82, 2.24) is 10.3 Å². The van der Waals surface area contributed by atoms with Crippen LogP contribution in [-0.4, -0.2) is 22.1 Å². The molecule has 0 amide bonds. The fraction of sp³-hybridized carbons (Fsp3) is 0.538. The highest BCUT2D eigenvalue weighted by Gasteiger charge is 2.15. The summed E-state index contributed by atoms with van der Waals surface area (Å²) < 4.78 is 0. The van der Waals surface area contributed by atoms with Crippen molar-refractivity contribution in [3.8, 4) is 0 Å². The molecule has 0 radical (unpaired) electrons. The van der Waals surface area contributed by atoms with Crippen LogP contribution in [-0.2, 0) is 17.8 Å². The topological polar surface area (TPSA) is 62.2 Å². The van der Waals surface area contributed by atoms with Gasteiger partial charge in [0.1, 0.15) is 6.04 Å². The lowest BCUT2D eigenvalue weighted by Gasteiger charge is -2.14. The molecule has 0 aromatic carbocycles. The number of carboxylic acids is 1. The molecule has 4 heteroatoms. The highest BCUT2D eigenvalue weighted by atomic mass is 16.4. The maximum absolute atomic E-state index is 11.0. The first-order chi connectivity index (χ1) is 8.19. The molecule has 2 N–H and O–H groups in total. The Morgan fingerprint density at radius 1 is 1.53 bits per heavy atom. The Morgan fingerprint density at radius 2 is 2.29 bits per heavy atom. The Labute approximate surface area is 102 Å². The van der Waals surface area contributed by atoms with E-state index in [1.165, 1.54) is 5.56 Å². The van der Waals surface area contributed by atoms with Crippen LogP contribution in [0.25, 0.3) is 0 Å². The van der Waals surface area contributed by atoms with Crippen molar-refractivity contribution in [1.29, 1.82) is 0 Å². The molecular formula is C13H20N2O2. The van der Waals surface area contributed by atoms with Gasteiger partial charge in [-0.3, -0.25) is 15.1 Å². The van der Waals surface area contributed by atoms with Crippen LogP contribution in [0.4, 0.5) is 0 Å². The summed E-state index contributed by atoms with van der Waals surface area (Å²) in [5, 5.41) is 12.1. The summed E-state index contributed by atoms with van der Waals surface area (Å²) in [6.07, 6.45) is 4.15. The zero-order valence-corrected chi connectivity index (χ0v) is 10.4. The Hall–Kier alpha value is -1.42. The third-order valence-corrected chi connectivity index (χ3v) is 2.76. The van der Waals surface area contributed by atoms with E-state index in [9.17, 15) is 4.79 Å². The fourth-order valence-corrected chi connectivity index (χ4v) is 1.77. The van der Waals surface area contributed by atoms with Gasteiger partial charge in [-0.05, 0) is 24.5 Å². The maximum atomic E-state index is 11.0. The van der Waals surface area contributed by atoms with Crippen molar-refractivity contribution >= 4 is 5.97 Å². The van der Waals surface area contributed by atoms with Crippen LogP contribution in [0.5, 0.6) is 0 Å². The number of pyridine rings is 1. The molecule has 0 saturated carbocycles. The number of hydrogen-bond acceptors (Lipinski definition) is 3. The molecule has 0 spiro atoms. The molecule has 17 heavy (non-hydrogen) atoms. The standard InChI is InChI=1S/C13H20N2O2/c1-3-6-11(13(16)17)15-9-12-10(4-2)7-5-8-14-12/h5,7-8,11,15H,3-4,6,9H2,1-2H3,(H,16,17). The van der Waals surface area contributed by atoms with E-state index in [1.54, 1.807) is 6.20 Å². The van der Waals surface area contributed by atoms with Crippen LogP contribution in [0.1, 0.15) is 37.9 Å². The molecule has 1 aromatic heterocycles. The second-order valence-corrected chi connectivity index (χ2v) is 4.02. The van der Waals surface area contributed by atoms with Gasteiger partial charge in [0.15, 0.2) is 0 Å². The van der Waals surface area contributed by atoms with Crippen molar-refractivity contribution in [3.05, 3.63) is 29.6 Å². The lowest BCUT2D eigenvalue weighted by molar-refractivity contribution is -0.139. The van der Waals surface area contributed by atoms with Crippen LogP contribution >= 0.6 is 0 Å². The molecule has 1 aromatic rings. The van der Waals surface area contributed by atoms with E-state index in [-0.39, 0.29) is 0 Å². The van der Waals surface area contributed by atoms with Crippen molar-refractivity contribution in [3.63, 3.8) is 0 Å². The van der Waals surface area contributed by atoms with Gasteiger partial charge >= 0.3 is 5.97 Å². The number of aliphatic carboxylic acids is 1. The molecule has 4 nitrogen and oxygen atoms in total. The molecule has 0 bridgehead atoms. The molecular weight excluding hydrogens is 216 g/mol. The number of hydrogen-bond donors (Lipinski definition) is 2. The number of rotatable bonds is 7. The van der Waals surface area contributed by atoms with Gasteiger partial charge in [0.2, 0.25) is 0 Å². The fourth-order valence-electron chi connectivity index (χ4n) is 1.77. The number of nitrogens with one attached hydrogen (secondary N) is 1. The summed E-state index contributed by atoms with van der Waals surface area (Å²) in [4.78, 5) is 15.3. The average molecular weight is 236 g/mol. The molecule has 0 aliphatic rings. The van der Waals surface area contributed by atoms with E-state index in [0.717, 1.165) is 18.5 Å². The van der Waals surface area contributed by atoms with Gasteiger partial charge in [-0.15, -0.1) is 0 Å². The second kappa shape index (κ2) is 7.01. The minimum Gasteiger partial charge on any atom is -0.480 e. The highest BCUT2D eigenvalue weighted by molar-refractivity contribution is 5.73. The van der Waals surface area contributed by atoms with E-state index in [0.29, 0.717) is 13.0 Å². The molecule has 1 rings (SSSR count). The van der Waals surface area contributed by atoms with Gasteiger partial charge < -0.3 is 5.11 Å².